The van der Waals surface area contributed by atoms with E-state index in [0.29, 0.717) is 36.9 Å². The predicted octanol–water partition coefficient (Wildman–Crippen LogP) is 6.97. The highest BCUT2D eigenvalue weighted by Gasteiger charge is 2.35. The lowest BCUT2D eigenvalue weighted by Crippen LogP contribution is -2.44. The second-order valence-electron chi connectivity index (χ2n) is 10.6. The fraction of sp³-hybridized carbons (Fsp3) is 0.538. The summed E-state index contributed by atoms with van der Waals surface area (Å²) in [7, 11) is 0.500. The highest BCUT2D eigenvalue weighted by Crippen LogP contribution is 2.44. The van der Waals surface area contributed by atoms with Crippen LogP contribution in [0.5, 0.6) is 0 Å². The van der Waals surface area contributed by atoms with Crippen LogP contribution in [0.15, 0.2) is 18.2 Å². The standard InChI is InChI=1S/C20H20ClFN4O.C5H12.CH3F/c1-12-9-18-14(17(24-25-18)5-6-20(2)7-8-20)11-26(12)19(27)23-13-3-4-16(22)15(21)10-13;1-5(2,3)4;1-2/h3-4,10,12H,7-9,11H2,1-2H3,(H,23,27)(H,24,25);1-4H3;1H3. The van der Waals surface area contributed by atoms with Gasteiger partial charge in [0.1, 0.15) is 11.5 Å². The molecule has 1 aromatic carbocycles. The molecule has 34 heavy (non-hydrogen) atoms. The second-order valence-corrected chi connectivity index (χ2v) is 11.0. The SMILES string of the molecule is CC(C)(C)C.CC1Cc2[nH]nc(C#CC3(C)CC3)c2CN1C(=O)Nc1ccc(F)c(Cl)c1.CF. The minimum Gasteiger partial charge on any atom is -0.317 e. The van der Waals surface area contributed by atoms with Gasteiger partial charge in [0.15, 0.2) is 0 Å². The molecule has 0 bridgehead atoms. The number of rotatable bonds is 1. The van der Waals surface area contributed by atoms with Gasteiger partial charge in [-0.1, -0.05) is 45.2 Å². The van der Waals surface area contributed by atoms with Crippen LogP contribution in [-0.4, -0.2) is 34.3 Å². The van der Waals surface area contributed by atoms with Gasteiger partial charge in [0.2, 0.25) is 0 Å². The normalized spacial score (nSPS) is 17.6. The zero-order valence-electron chi connectivity index (χ0n) is 21.1. The van der Waals surface area contributed by atoms with E-state index in [1.807, 2.05) is 6.92 Å². The summed E-state index contributed by atoms with van der Waals surface area (Å²) in [5.74, 6) is 5.96. The van der Waals surface area contributed by atoms with Crippen LogP contribution in [0.2, 0.25) is 5.02 Å². The average molecular weight is 493 g/mol. The summed E-state index contributed by atoms with van der Waals surface area (Å²) in [6.07, 6.45) is 2.93. The Kier molecular flexibility index (Phi) is 9.13. The number of aromatic amines is 1. The Labute approximate surface area is 206 Å². The molecule has 5 nitrogen and oxygen atoms in total. The number of nitrogens with one attached hydrogen (secondary N) is 2. The Morgan fingerprint density at radius 2 is 1.91 bits per heavy atom. The van der Waals surface area contributed by atoms with E-state index in [2.05, 4.69) is 62.0 Å². The number of hydrogen-bond donors (Lipinski definition) is 2. The van der Waals surface area contributed by atoms with Gasteiger partial charge < -0.3 is 10.2 Å². The van der Waals surface area contributed by atoms with Gasteiger partial charge in [0.25, 0.3) is 0 Å². The number of aromatic nitrogens is 2. The summed E-state index contributed by atoms with van der Waals surface area (Å²) >= 11 is 5.79. The maximum Gasteiger partial charge on any atom is 0.322 e. The van der Waals surface area contributed by atoms with Crippen molar-refractivity contribution >= 4 is 23.3 Å². The molecule has 1 aliphatic carbocycles. The van der Waals surface area contributed by atoms with Crippen LogP contribution >= 0.6 is 11.6 Å². The van der Waals surface area contributed by atoms with Crippen molar-refractivity contribution in [3.63, 3.8) is 0 Å². The van der Waals surface area contributed by atoms with Gasteiger partial charge >= 0.3 is 6.03 Å². The number of H-pyrrole nitrogens is 1. The minimum atomic E-state index is -0.517. The number of amides is 2. The third-order valence-corrected chi connectivity index (χ3v) is 5.52. The molecule has 2 N–H and O–H groups in total. The van der Waals surface area contributed by atoms with E-state index in [9.17, 15) is 13.6 Å². The molecule has 1 atom stereocenters. The van der Waals surface area contributed by atoms with Crippen LogP contribution in [0.1, 0.15) is 71.3 Å². The predicted molar refractivity (Wildman–Crippen MR) is 134 cm³/mol. The molecule has 0 saturated heterocycles. The molecular formula is C26H35ClF2N4O. The molecule has 2 aromatic rings. The molecule has 186 valence electrons. The number of carbonyl (C=O) groups excluding carboxylic acids is 1. The van der Waals surface area contributed by atoms with Crippen molar-refractivity contribution in [2.75, 3.05) is 12.5 Å². The maximum absolute atomic E-state index is 13.3. The van der Waals surface area contributed by atoms with Crippen molar-refractivity contribution in [2.24, 2.45) is 10.8 Å². The zero-order valence-corrected chi connectivity index (χ0v) is 21.8. The van der Waals surface area contributed by atoms with Gasteiger partial charge in [-0.15, -0.1) is 0 Å². The second kappa shape index (κ2) is 11.2. The fourth-order valence-corrected chi connectivity index (χ4v) is 3.32. The van der Waals surface area contributed by atoms with Gasteiger partial charge in [-0.2, -0.15) is 5.10 Å². The maximum atomic E-state index is 13.3. The van der Waals surface area contributed by atoms with Crippen LogP contribution in [-0.2, 0) is 13.0 Å². The van der Waals surface area contributed by atoms with E-state index in [-0.39, 0.29) is 22.5 Å². The Morgan fingerprint density at radius 1 is 1.29 bits per heavy atom. The molecule has 0 radical (unpaired) electrons. The summed E-state index contributed by atoms with van der Waals surface area (Å²) in [6.45, 7) is 13.3. The third kappa shape index (κ3) is 8.02. The van der Waals surface area contributed by atoms with Crippen LogP contribution < -0.4 is 5.32 Å². The molecule has 1 aliphatic heterocycles. The number of halogens is 3. The van der Waals surface area contributed by atoms with Crippen LogP contribution in [0.3, 0.4) is 0 Å². The van der Waals surface area contributed by atoms with Crippen molar-refractivity contribution in [3.8, 4) is 11.8 Å². The van der Waals surface area contributed by atoms with Gasteiger partial charge in [-0.05, 0) is 56.2 Å². The molecule has 1 aromatic heterocycles. The Bertz CT molecular complexity index is 1050. The number of nitrogens with zero attached hydrogens (tertiary/aromatic N) is 2. The molecule has 1 fully saturated rings. The van der Waals surface area contributed by atoms with Crippen LogP contribution in [0.4, 0.5) is 19.3 Å². The number of urea groups is 1. The van der Waals surface area contributed by atoms with Crippen molar-refractivity contribution in [2.45, 2.75) is 73.4 Å². The summed E-state index contributed by atoms with van der Waals surface area (Å²) in [6, 6.07) is 3.86. The Hall–Kier alpha value is -2.59. The van der Waals surface area contributed by atoms with Crippen molar-refractivity contribution < 1.29 is 13.6 Å². The van der Waals surface area contributed by atoms with E-state index in [0.717, 1.165) is 24.1 Å². The van der Waals surface area contributed by atoms with Crippen LogP contribution in [0, 0.1) is 28.5 Å². The number of fused-ring (bicyclic) bond motifs is 1. The van der Waals surface area contributed by atoms with E-state index in [1.165, 1.54) is 18.2 Å². The molecular weight excluding hydrogens is 458 g/mol. The molecule has 4 rings (SSSR count). The summed E-state index contributed by atoms with van der Waals surface area (Å²) < 4.78 is 22.8. The van der Waals surface area contributed by atoms with Gasteiger partial charge in [-0.25, -0.2) is 9.18 Å². The molecule has 1 unspecified atom stereocenters. The Balaban J connectivity index is 0.000000520. The lowest BCUT2D eigenvalue weighted by Gasteiger charge is -2.33. The quantitative estimate of drug-likeness (QED) is 0.422. The van der Waals surface area contributed by atoms with E-state index < -0.39 is 5.82 Å². The molecule has 1 saturated carbocycles. The summed E-state index contributed by atoms with van der Waals surface area (Å²) in [4.78, 5) is 14.5. The van der Waals surface area contributed by atoms with Gasteiger partial charge in [0, 0.05) is 34.8 Å². The molecule has 8 heteroatoms. The first-order chi connectivity index (χ1) is 15.8. The lowest BCUT2D eigenvalue weighted by molar-refractivity contribution is 0.182. The highest BCUT2D eigenvalue weighted by atomic mass is 35.5. The molecule has 0 spiro atoms. The lowest BCUT2D eigenvalue weighted by atomic mass is 9.99. The van der Waals surface area contributed by atoms with Crippen LogP contribution in [0.25, 0.3) is 0 Å². The van der Waals surface area contributed by atoms with Gasteiger partial charge in [-0.3, -0.25) is 9.49 Å². The zero-order chi connectivity index (χ0) is 25.7. The monoisotopic (exact) mass is 492 g/mol. The topological polar surface area (TPSA) is 61.0 Å². The minimum absolute atomic E-state index is 0.00405. The number of benzene rings is 1. The number of hydrogen-bond acceptors (Lipinski definition) is 2. The number of alkyl halides is 1. The molecule has 2 heterocycles. The first kappa shape index (κ1) is 27.7. The average Bonchev–Trinajstić information content (AvgIpc) is 3.36. The summed E-state index contributed by atoms with van der Waals surface area (Å²) in [5, 5.41) is 10.2. The Morgan fingerprint density at radius 3 is 2.47 bits per heavy atom. The summed E-state index contributed by atoms with van der Waals surface area (Å²) in [5.41, 5.74) is 3.79. The van der Waals surface area contributed by atoms with Gasteiger partial charge in [0.05, 0.1) is 18.7 Å². The van der Waals surface area contributed by atoms with E-state index in [4.69, 9.17) is 11.6 Å². The first-order valence-corrected chi connectivity index (χ1v) is 11.7. The highest BCUT2D eigenvalue weighted by molar-refractivity contribution is 6.31. The van der Waals surface area contributed by atoms with Crippen molar-refractivity contribution in [1.82, 2.24) is 15.1 Å². The largest absolute Gasteiger partial charge is 0.322 e. The first-order valence-electron chi connectivity index (χ1n) is 11.3. The smallest absolute Gasteiger partial charge is 0.317 e. The number of carbonyl (C=O) groups is 1. The van der Waals surface area contributed by atoms with E-state index >= 15 is 0 Å². The third-order valence-electron chi connectivity index (χ3n) is 5.23. The molecule has 2 amide bonds. The molecule has 2 aliphatic rings. The van der Waals surface area contributed by atoms with E-state index in [1.54, 1.807) is 4.90 Å². The van der Waals surface area contributed by atoms with Crippen molar-refractivity contribution in [1.29, 1.82) is 0 Å². The fourth-order valence-electron chi connectivity index (χ4n) is 3.14. The number of anilines is 1. The van der Waals surface area contributed by atoms with Crippen molar-refractivity contribution in [3.05, 3.63) is 46.0 Å².